The van der Waals surface area contributed by atoms with Crippen molar-refractivity contribution < 1.29 is 24.0 Å². The fourth-order valence-electron chi connectivity index (χ4n) is 3.34. The van der Waals surface area contributed by atoms with E-state index in [1.54, 1.807) is 25.1 Å². The molecule has 9 nitrogen and oxygen atoms in total. The van der Waals surface area contributed by atoms with E-state index < -0.39 is 22.7 Å². The van der Waals surface area contributed by atoms with Gasteiger partial charge in [0.25, 0.3) is 17.5 Å². The zero-order valence-electron chi connectivity index (χ0n) is 18.0. The molecule has 1 heterocycles. The number of non-ortho nitro benzene ring substituents is 1. The van der Waals surface area contributed by atoms with Gasteiger partial charge in [0.15, 0.2) is 0 Å². The van der Waals surface area contributed by atoms with Gasteiger partial charge in [0.05, 0.1) is 16.2 Å². The number of nitrogens with one attached hydrogen (secondary N) is 1. The molecule has 0 spiro atoms. The lowest BCUT2D eigenvalue weighted by molar-refractivity contribution is -0.384. The number of imide groups is 1. The van der Waals surface area contributed by atoms with Crippen LogP contribution >= 0.6 is 23.2 Å². The molecular weight excluding hydrogens is 497 g/mol. The predicted molar refractivity (Wildman–Crippen MR) is 130 cm³/mol. The smallest absolute Gasteiger partial charge is 0.343 e. The molecule has 176 valence electrons. The van der Waals surface area contributed by atoms with Crippen LogP contribution in [-0.2, 0) is 9.59 Å². The molecule has 0 atom stereocenters. The Kier molecular flexibility index (Phi) is 6.54. The highest BCUT2D eigenvalue weighted by molar-refractivity contribution is 6.53. The molecule has 0 saturated heterocycles. The second kappa shape index (κ2) is 9.57. The maximum atomic E-state index is 13.0. The number of amides is 2. The summed E-state index contributed by atoms with van der Waals surface area (Å²) in [4.78, 5) is 49.1. The van der Waals surface area contributed by atoms with E-state index in [1.165, 1.54) is 48.5 Å². The summed E-state index contributed by atoms with van der Waals surface area (Å²) < 4.78 is 5.21. The van der Waals surface area contributed by atoms with Gasteiger partial charge in [-0.3, -0.25) is 19.7 Å². The fourth-order valence-corrected chi connectivity index (χ4v) is 3.78. The summed E-state index contributed by atoms with van der Waals surface area (Å²) in [6.45, 7) is 1.72. The van der Waals surface area contributed by atoms with Gasteiger partial charge in [-0.2, -0.15) is 0 Å². The van der Waals surface area contributed by atoms with E-state index in [0.717, 1.165) is 4.90 Å². The number of aryl methyl sites for hydroxylation is 1. The molecule has 1 aliphatic rings. The standard InChI is InChI=1S/C24H15Cl2N3O6/c1-13-12-15(25)4-11-19(13)28-22(30)20(26)21(23(28)31)27-16-5-2-14(3-6-16)24(32)35-18-9-7-17(8-10-18)29(33)34/h2-12,27H,1H3. The number of ether oxygens (including phenoxy) is 1. The second-order valence-corrected chi connectivity index (χ2v) is 8.22. The molecule has 0 aliphatic carbocycles. The summed E-state index contributed by atoms with van der Waals surface area (Å²) in [5.74, 6) is -1.84. The van der Waals surface area contributed by atoms with E-state index in [2.05, 4.69) is 5.32 Å². The number of esters is 1. The minimum absolute atomic E-state index is 0.104. The zero-order valence-corrected chi connectivity index (χ0v) is 19.5. The zero-order chi connectivity index (χ0) is 25.3. The van der Waals surface area contributed by atoms with Crippen LogP contribution in [0.3, 0.4) is 0 Å². The Morgan fingerprint density at radius 1 is 0.971 bits per heavy atom. The second-order valence-electron chi connectivity index (χ2n) is 7.41. The number of nitro groups is 1. The van der Waals surface area contributed by atoms with Crippen molar-refractivity contribution in [2.24, 2.45) is 0 Å². The summed E-state index contributed by atoms with van der Waals surface area (Å²) in [6, 6.07) is 15.8. The van der Waals surface area contributed by atoms with Gasteiger partial charge in [0, 0.05) is 22.8 Å². The lowest BCUT2D eigenvalue weighted by atomic mass is 10.2. The minimum Gasteiger partial charge on any atom is -0.423 e. The summed E-state index contributed by atoms with van der Waals surface area (Å²) >= 11 is 12.1. The van der Waals surface area contributed by atoms with E-state index in [1.807, 2.05) is 0 Å². The van der Waals surface area contributed by atoms with Gasteiger partial charge in [-0.05, 0) is 67.1 Å². The molecule has 35 heavy (non-hydrogen) atoms. The lowest BCUT2D eigenvalue weighted by Gasteiger charge is -2.17. The van der Waals surface area contributed by atoms with Gasteiger partial charge < -0.3 is 10.1 Å². The fraction of sp³-hybridized carbons (Fsp3) is 0.0417. The van der Waals surface area contributed by atoms with Crippen molar-refractivity contribution in [1.82, 2.24) is 0 Å². The number of halogens is 2. The van der Waals surface area contributed by atoms with Crippen molar-refractivity contribution in [1.29, 1.82) is 0 Å². The van der Waals surface area contributed by atoms with Crippen molar-refractivity contribution in [3.63, 3.8) is 0 Å². The van der Waals surface area contributed by atoms with Crippen molar-refractivity contribution in [3.05, 3.63) is 104 Å². The number of hydrogen-bond acceptors (Lipinski definition) is 7. The van der Waals surface area contributed by atoms with Crippen LogP contribution in [-0.4, -0.2) is 22.7 Å². The Hall–Kier alpha value is -4.21. The van der Waals surface area contributed by atoms with E-state index in [-0.39, 0.29) is 27.7 Å². The predicted octanol–water partition coefficient (Wildman–Crippen LogP) is 5.21. The van der Waals surface area contributed by atoms with Gasteiger partial charge in [-0.15, -0.1) is 0 Å². The molecule has 3 aromatic rings. The van der Waals surface area contributed by atoms with E-state index in [4.69, 9.17) is 27.9 Å². The van der Waals surface area contributed by atoms with E-state index in [9.17, 15) is 24.5 Å². The van der Waals surface area contributed by atoms with Crippen LogP contribution in [0.5, 0.6) is 5.75 Å². The van der Waals surface area contributed by atoms with Crippen LogP contribution in [0, 0.1) is 17.0 Å². The summed E-state index contributed by atoms with van der Waals surface area (Å²) in [5, 5.41) is 13.7. The van der Waals surface area contributed by atoms with Gasteiger partial charge in [-0.25, -0.2) is 9.69 Å². The number of nitrogens with zero attached hydrogens (tertiary/aromatic N) is 2. The highest BCUT2D eigenvalue weighted by atomic mass is 35.5. The number of carbonyl (C=O) groups excluding carboxylic acids is 3. The van der Waals surface area contributed by atoms with Crippen LogP contribution in [0.4, 0.5) is 17.1 Å². The average molecular weight is 512 g/mol. The summed E-state index contributed by atoms with van der Waals surface area (Å²) in [6.07, 6.45) is 0. The van der Waals surface area contributed by atoms with Crippen molar-refractivity contribution in [3.8, 4) is 5.75 Å². The first-order valence-electron chi connectivity index (χ1n) is 10.0. The topological polar surface area (TPSA) is 119 Å². The Morgan fingerprint density at radius 2 is 1.63 bits per heavy atom. The van der Waals surface area contributed by atoms with Crippen molar-refractivity contribution >= 4 is 58.0 Å². The van der Waals surface area contributed by atoms with E-state index in [0.29, 0.717) is 22.0 Å². The third-order valence-electron chi connectivity index (χ3n) is 5.08. The minimum atomic E-state index is -0.681. The molecule has 11 heteroatoms. The molecule has 0 bridgehead atoms. The maximum absolute atomic E-state index is 13.0. The van der Waals surface area contributed by atoms with Gasteiger partial charge in [-0.1, -0.05) is 23.2 Å². The number of benzene rings is 3. The molecule has 4 rings (SSSR count). The quantitative estimate of drug-likeness (QED) is 0.158. The molecule has 2 amide bonds. The lowest BCUT2D eigenvalue weighted by Crippen LogP contribution is -2.32. The van der Waals surface area contributed by atoms with E-state index >= 15 is 0 Å². The first-order chi connectivity index (χ1) is 16.7. The SMILES string of the molecule is Cc1cc(Cl)ccc1N1C(=O)C(Cl)=C(Nc2ccc(C(=O)Oc3ccc([N+](=O)[O-])cc3)cc2)C1=O. The van der Waals surface area contributed by atoms with Crippen molar-refractivity contribution in [2.75, 3.05) is 10.2 Å². The third-order valence-corrected chi connectivity index (χ3v) is 5.66. The summed E-state index contributed by atoms with van der Waals surface area (Å²) in [7, 11) is 0. The average Bonchev–Trinajstić information content (AvgIpc) is 3.03. The molecule has 0 radical (unpaired) electrons. The molecule has 1 N–H and O–H groups in total. The monoisotopic (exact) mass is 511 g/mol. The van der Waals surface area contributed by atoms with Gasteiger partial charge in [0.2, 0.25) is 0 Å². The number of hydrogen-bond donors (Lipinski definition) is 1. The molecule has 0 unspecified atom stereocenters. The van der Waals surface area contributed by atoms with Gasteiger partial charge >= 0.3 is 5.97 Å². The highest BCUT2D eigenvalue weighted by Crippen LogP contribution is 2.33. The largest absolute Gasteiger partial charge is 0.423 e. The Balaban J connectivity index is 1.47. The number of carbonyl (C=O) groups is 3. The van der Waals surface area contributed by atoms with Crippen LogP contribution in [0.25, 0.3) is 0 Å². The Labute approximate surface area is 208 Å². The van der Waals surface area contributed by atoms with Crippen LogP contribution in [0.15, 0.2) is 77.5 Å². The molecule has 0 aromatic heterocycles. The normalized spacial score (nSPS) is 13.3. The number of nitro benzene ring substituents is 1. The Morgan fingerprint density at radius 3 is 2.23 bits per heavy atom. The Bertz CT molecular complexity index is 1400. The summed E-state index contributed by atoms with van der Waals surface area (Å²) in [5.41, 5.74) is 1.36. The maximum Gasteiger partial charge on any atom is 0.343 e. The van der Waals surface area contributed by atoms with Crippen LogP contribution in [0.1, 0.15) is 15.9 Å². The van der Waals surface area contributed by atoms with Crippen LogP contribution < -0.4 is 15.0 Å². The first-order valence-corrected chi connectivity index (χ1v) is 10.8. The number of rotatable bonds is 6. The van der Waals surface area contributed by atoms with Crippen LogP contribution in [0.2, 0.25) is 5.02 Å². The van der Waals surface area contributed by atoms with Crippen molar-refractivity contribution in [2.45, 2.75) is 6.92 Å². The molecular formula is C24H15Cl2N3O6. The first kappa shape index (κ1) is 23.9. The molecule has 1 aliphatic heterocycles. The molecule has 0 fully saturated rings. The molecule has 3 aromatic carbocycles. The highest BCUT2D eigenvalue weighted by Gasteiger charge is 2.39. The third kappa shape index (κ3) is 4.86. The molecule has 0 saturated carbocycles. The number of anilines is 2. The van der Waals surface area contributed by atoms with Gasteiger partial charge in [0.1, 0.15) is 16.5 Å².